The molecule has 0 atom stereocenters. The summed E-state index contributed by atoms with van der Waals surface area (Å²) in [5, 5.41) is 11.4. The quantitative estimate of drug-likeness (QED) is 0.480. The molecule has 0 amide bonds. The van der Waals surface area contributed by atoms with Crippen molar-refractivity contribution >= 4 is 34.7 Å². The maximum Gasteiger partial charge on any atom is 0.269 e. The number of nitrogens with zero attached hydrogens (tertiary/aromatic N) is 1. The highest BCUT2D eigenvalue weighted by Gasteiger charge is 2.15. The minimum Gasteiger partial charge on any atom is -0.294 e. The van der Waals surface area contributed by atoms with Crippen molar-refractivity contribution in [1.29, 1.82) is 0 Å². The minimum atomic E-state index is -0.528. The van der Waals surface area contributed by atoms with E-state index in [2.05, 4.69) is 0 Å². The highest BCUT2D eigenvalue weighted by molar-refractivity contribution is 6.34. The lowest BCUT2D eigenvalue weighted by atomic mass is 10.0. The first-order valence-corrected chi connectivity index (χ1v) is 6.45. The summed E-state index contributed by atoms with van der Waals surface area (Å²) >= 11 is 11.9. The number of hydrogen-bond acceptors (Lipinski definition) is 3. The van der Waals surface area contributed by atoms with Crippen LogP contribution in [-0.2, 0) is 6.42 Å². The van der Waals surface area contributed by atoms with E-state index in [4.69, 9.17) is 23.2 Å². The monoisotopic (exact) mass is 309 g/mol. The summed E-state index contributed by atoms with van der Waals surface area (Å²) in [6, 6.07) is 10.7. The standard InChI is InChI=1S/C14H9Cl2NO3/c15-12-6-5-10(17(19)20)7-9(12)8-14(18)11-3-1-2-4-13(11)16/h1-7H,8H2. The Morgan fingerprint density at radius 1 is 1.10 bits per heavy atom. The van der Waals surface area contributed by atoms with Crippen molar-refractivity contribution in [2.24, 2.45) is 0 Å². The number of nitro benzene ring substituents is 1. The molecule has 0 unspecified atom stereocenters. The maximum atomic E-state index is 12.2. The van der Waals surface area contributed by atoms with E-state index < -0.39 is 4.92 Å². The van der Waals surface area contributed by atoms with Crippen LogP contribution >= 0.6 is 23.2 Å². The van der Waals surface area contributed by atoms with E-state index in [1.165, 1.54) is 18.2 Å². The van der Waals surface area contributed by atoms with E-state index in [0.29, 0.717) is 21.2 Å². The minimum absolute atomic E-state index is 0.0375. The van der Waals surface area contributed by atoms with E-state index in [9.17, 15) is 14.9 Å². The zero-order chi connectivity index (χ0) is 14.7. The Hall–Kier alpha value is -1.91. The molecule has 0 spiro atoms. The van der Waals surface area contributed by atoms with Crippen molar-refractivity contribution in [2.75, 3.05) is 0 Å². The predicted molar refractivity (Wildman–Crippen MR) is 77.6 cm³/mol. The molecule has 0 aliphatic heterocycles. The average Bonchev–Trinajstić information content (AvgIpc) is 2.41. The van der Waals surface area contributed by atoms with E-state index in [1.54, 1.807) is 24.3 Å². The van der Waals surface area contributed by atoms with Gasteiger partial charge >= 0.3 is 0 Å². The second-order valence-electron chi connectivity index (χ2n) is 4.11. The van der Waals surface area contributed by atoms with Crippen molar-refractivity contribution in [3.8, 4) is 0 Å². The van der Waals surface area contributed by atoms with Crippen LogP contribution in [0.5, 0.6) is 0 Å². The Morgan fingerprint density at radius 3 is 2.45 bits per heavy atom. The lowest BCUT2D eigenvalue weighted by molar-refractivity contribution is -0.384. The van der Waals surface area contributed by atoms with Crippen LogP contribution in [0.3, 0.4) is 0 Å². The zero-order valence-corrected chi connectivity index (χ0v) is 11.7. The number of hydrogen-bond donors (Lipinski definition) is 0. The molecule has 0 aromatic heterocycles. The molecule has 0 heterocycles. The molecule has 4 nitrogen and oxygen atoms in total. The van der Waals surface area contributed by atoms with Crippen molar-refractivity contribution < 1.29 is 9.72 Å². The van der Waals surface area contributed by atoms with Crippen LogP contribution in [0.25, 0.3) is 0 Å². The molecule has 0 aliphatic rings. The predicted octanol–water partition coefficient (Wildman–Crippen LogP) is 4.33. The molecule has 20 heavy (non-hydrogen) atoms. The van der Waals surface area contributed by atoms with Gasteiger partial charge in [-0.3, -0.25) is 14.9 Å². The lowest BCUT2D eigenvalue weighted by Crippen LogP contribution is -2.05. The third kappa shape index (κ3) is 3.15. The number of nitro groups is 1. The molecule has 0 aliphatic carbocycles. The Balaban J connectivity index is 2.30. The van der Waals surface area contributed by atoms with Gasteiger partial charge in [-0.1, -0.05) is 35.3 Å². The molecule has 6 heteroatoms. The number of halogens is 2. The molecule has 0 fully saturated rings. The van der Waals surface area contributed by atoms with Crippen LogP contribution in [0.4, 0.5) is 5.69 Å². The van der Waals surface area contributed by atoms with Gasteiger partial charge in [0.05, 0.1) is 9.95 Å². The summed E-state index contributed by atoms with van der Waals surface area (Å²) in [4.78, 5) is 22.4. The number of carbonyl (C=O) groups is 1. The smallest absolute Gasteiger partial charge is 0.269 e. The molecule has 2 aromatic rings. The molecular formula is C14H9Cl2NO3. The van der Waals surface area contributed by atoms with Gasteiger partial charge in [0.1, 0.15) is 0 Å². The van der Waals surface area contributed by atoms with Gasteiger partial charge in [-0.25, -0.2) is 0 Å². The summed E-state index contributed by atoms with van der Waals surface area (Å²) in [5.74, 6) is -0.238. The molecule has 102 valence electrons. The van der Waals surface area contributed by atoms with Crippen molar-refractivity contribution in [3.63, 3.8) is 0 Å². The number of ketones is 1. The SMILES string of the molecule is O=C(Cc1cc([N+](=O)[O-])ccc1Cl)c1ccccc1Cl. The van der Waals surface area contributed by atoms with Crippen LogP contribution in [-0.4, -0.2) is 10.7 Å². The van der Waals surface area contributed by atoms with Crippen LogP contribution in [0.15, 0.2) is 42.5 Å². The number of rotatable bonds is 4. The van der Waals surface area contributed by atoms with E-state index in [0.717, 1.165) is 0 Å². The number of benzene rings is 2. The van der Waals surface area contributed by atoms with Crippen molar-refractivity contribution in [1.82, 2.24) is 0 Å². The fourth-order valence-corrected chi connectivity index (χ4v) is 2.19. The van der Waals surface area contributed by atoms with Crippen LogP contribution < -0.4 is 0 Å². The summed E-state index contributed by atoms with van der Waals surface area (Å²) < 4.78 is 0. The summed E-state index contributed by atoms with van der Waals surface area (Å²) in [6.07, 6.45) is -0.0375. The molecule has 0 bridgehead atoms. The molecule has 0 saturated carbocycles. The van der Waals surface area contributed by atoms with E-state index in [-0.39, 0.29) is 17.9 Å². The Labute approximate surface area is 125 Å². The second kappa shape index (κ2) is 6.03. The summed E-state index contributed by atoms with van der Waals surface area (Å²) in [5.41, 5.74) is 0.680. The first kappa shape index (κ1) is 14.5. The first-order chi connectivity index (χ1) is 9.49. The second-order valence-corrected chi connectivity index (χ2v) is 4.93. The zero-order valence-electron chi connectivity index (χ0n) is 10.2. The Kier molecular flexibility index (Phi) is 4.37. The fraction of sp³-hybridized carbons (Fsp3) is 0.0714. The number of non-ortho nitro benzene ring substituents is 1. The normalized spacial score (nSPS) is 10.3. The maximum absolute atomic E-state index is 12.2. The van der Waals surface area contributed by atoms with Gasteiger partial charge in [-0.2, -0.15) is 0 Å². The van der Waals surface area contributed by atoms with Gasteiger partial charge in [-0.15, -0.1) is 0 Å². The number of carbonyl (C=O) groups excluding carboxylic acids is 1. The van der Waals surface area contributed by atoms with Gasteiger partial charge in [0.15, 0.2) is 5.78 Å². The van der Waals surface area contributed by atoms with Gasteiger partial charge in [0.25, 0.3) is 5.69 Å². The van der Waals surface area contributed by atoms with Crippen molar-refractivity contribution in [2.45, 2.75) is 6.42 Å². The Morgan fingerprint density at radius 2 is 1.80 bits per heavy atom. The highest BCUT2D eigenvalue weighted by atomic mass is 35.5. The average molecular weight is 310 g/mol. The molecule has 0 N–H and O–H groups in total. The summed E-state index contributed by atoms with van der Waals surface area (Å²) in [6.45, 7) is 0. The van der Waals surface area contributed by atoms with Gasteiger partial charge in [0.2, 0.25) is 0 Å². The third-order valence-electron chi connectivity index (χ3n) is 2.77. The largest absolute Gasteiger partial charge is 0.294 e. The Bertz CT molecular complexity index is 686. The topological polar surface area (TPSA) is 60.2 Å². The molecule has 0 saturated heterocycles. The highest BCUT2D eigenvalue weighted by Crippen LogP contribution is 2.25. The lowest BCUT2D eigenvalue weighted by Gasteiger charge is -2.05. The van der Waals surface area contributed by atoms with Crippen LogP contribution in [0.1, 0.15) is 15.9 Å². The van der Waals surface area contributed by atoms with Gasteiger partial charge in [-0.05, 0) is 23.8 Å². The summed E-state index contributed by atoms with van der Waals surface area (Å²) in [7, 11) is 0. The van der Waals surface area contributed by atoms with Crippen LogP contribution in [0, 0.1) is 10.1 Å². The molecular weight excluding hydrogens is 301 g/mol. The van der Waals surface area contributed by atoms with Gasteiger partial charge < -0.3 is 0 Å². The van der Waals surface area contributed by atoms with Crippen molar-refractivity contribution in [3.05, 3.63) is 73.8 Å². The molecule has 0 radical (unpaired) electrons. The van der Waals surface area contributed by atoms with Gasteiger partial charge in [0, 0.05) is 29.1 Å². The first-order valence-electron chi connectivity index (χ1n) is 5.69. The molecule has 2 aromatic carbocycles. The third-order valence-corrected chi connectivity index (χ3v) is 3.46. The van der Waals surface area contributed by atoms with Crippen LogP contribution in [0.2, 0.25) is 10.0 Å². The number of Topliss-reactive ketones (excluding diaryl/α,β-unsaturated/α-hetero) is 1. The molecule has 2 rings (SSSR count). The van der Waals surface area contributed by atoms with E-state index in [1.807, 2.05) is 0 Å². The van der Waals surface area contributed by atoms with E-state index >= 15 is 0 Å². The fourth-order valence-electron chi connectivity index (χ4n) is 1.77.